The highest BCUT2D eigenvalue weighted by Gasteiger charge is 2.22. The number of nitro benzene ring substituents is 1. The molecule has 0 aromatic heterocycles. The highest BCUT2D eigenvalue weighted by molar-refractivity contribution is 5.43. The lowest BCUT2D eigenvalue weighted by atomic mass is 10.00. The highest BCUT2D eigenvalue weighted by Crippen LogP contribution is 2.26. The number of hydrogen-bond donors (Lipinski definition) is 4. The van der Waals surface area contributed by atoms with E-state index in [9.17, 15) is 20.3 Å². The maximum Gasteiger partial charge on any atom is 0.275 e. The van der Waals surface area contributed by atoms with Crippen LogP contribution < -0.4 is 5.32 Å². The van der Waals surface area contributed by atoms with Crippen molar-refractivity contribution in [2.75, 3.05) is 13.6 Å². The van der Waals surface area contributed by atoms with E-state index in [1.54, 1.807) is 7.05 Å². The van der Waals surface area contributed by atoms with Gasteiger partial charge in [0.25, 0.3) is 5.69 Å². The maximum atomic E-state index is 10.8. The van der Waals surface area contributed by atoms with Crippen molar-refractivity contribution in [1.82, 2.24) is 5.32 Å². The van der Waals surface area contributed by atoms with Crippen molar-refractivity contribution in [3.63, 3.8) is 0 Å². The Morgan fingerprint density at radius 2 is 2.11 bits per heavy atom. The van der Waals surface area contributed by atoms with Crippen molar-refractivity contribution >= 4 is 5.69 Å². The Kier molecular flexibility index (Phi) is 5.84. The molecule has 4 N–H and O–H groups in total. The van der Waals surface area contributed by atoms with Gasteiger partial charge < -0.3 is 20.6 Å². The van der Waals surface area contributed by atoms with Gasteiger partial charge in [0.2, 0.25) is 0 Å². The normalized spacial score (nSPS) is 14.1. The second-order valence-electron chi connectivity index (χ2n) is 4.21. The Morgan fingerprint density at radius 3 is 2.63 bits per heavy atom. The molecule has 1 aromatic carbocycles. The monoisotopic (exact) mass is 270 g/mol. The summed E-state index contributed by atoms with van der Waals surface area (Å²) >= 11 is 0. The third-order valence-electron chi connectivity index (χ3n) is 2.87. The summed E-state index contributed by atoms with van der Waals surface area (Å²) in [5.41, 5.74) is 0.165. The van der Waals surface area contributed by atoms with Gasteiger partial charge in [0, 0.05) is 6.07 Å². The second kappa shape index (κ2) is 7.15. The third kappa shape index (κ3) is 3.97. The predicted octanol–water partition coefficient (Wildman–Crippen LogP) is 0.0909. The Labute approximate surface area is 110 Å². The van der Waals surface area contributed by atoms with Crippen molar-refractivity contribution in [1.29, 1.82) is 0 Å². The molecule has 0 spiro atoms. The second-order valence-corrected chi connectivity index (χ2v) is 4.21. The molecule has 2 unspecified atom stereocenters. The fraction of sp³-hybridized carbons (Fsp3) is 0.500. The summed E-state index contributed by atoms with van der Waals surface area (Å²) in [4.78, 5) is 10.2. The molecule has 19 heavy (non-hydrogen) atoms. The van der Waals surface area contributed by atoms with Crippen molar-refractivity contribution < 1.29 is 20.2 Å². The Balaban J connectivity index is 2.94. The van der Waals surface area contributed by atoms with Crippen molar-refractivity contribution in [3.05, 3.63) is 39.4 Å². The molecule has 7 heteroatoms. The summed E-state index contributed by atoms with van der Waals surface area (Å²) in [6, 6.07) is 4.02. The highest BCUT2D eigenvalue weighted by atomic mass is 16.6. The zero-order valence-electron chi connectivity index (χ0n) is 10.6. The lowest BCUT2D eigenvalue weighted by Gasteiger charge is -2.18. The minimum Gasteiger partial charge on any atom is -0.391 e. The van der Waals surface area contributed by atoms with Gasteiger partial charge in [0.05, 0.1) is 23.2 Å². The summed E-state index contributed by atoms with van der Waals surface area (Å²) in [6.07, 6.45) is -1.88. The molecule has 0 saturated carbocycles. The number of nitro groups is 1. The predicted molar refractivity (Wildman–Crippen MR) is 68.5 cm³/mol. The molecule has 0 aliphatic carbocycles. The van der Waals surface area contributed by atoms with Crippen molar-refractivity contribution in [2.24, 2.45) is 0 Å². The van der Waals surface area contributed by atoms with Gasteiger partial charge in [-0.1, -0.05) is 6.07 Å². The number of nitrogens with one attached hydrogen (secondary N) is 1. The van der Waals surface area contributed by atoms with Crippen LogP contribution in [0, 0.1) is 10.1 Å². The molecule has 0 fully saturated rings. The van der Waals surface area contributed by atoms with E-state index in [-0.39, 0.29) is 16.8 Å². The van der Waals surface area contributed by atoms with Gasteiger partial charge in [0.15, 0.2) is 0 Å². The molecule has 0 heterocycles. The quantitative estimate of drug-likeness (QED) is 0.412. The number of aliphatic hydroxyl groups is 3. The van der Waals surface area contributed by atoms with E-state index in [4.69, 9.17) is 5.11 Å². The molecule has 106 valence electrons. The zero-order chi connectivity index (χ0) is 14.4. The number of nitrogens with zero attached hydrogens (tertiary/aromatic N) is 1. The van der Waals surface area contributed by atoms with Crippen LogP contribution in [0.5, 0.6) is 0 Å². The molecule has 0 radical (unpaired) electrons. The van der Waals surface area contributed by atoms with Crippen LogP contribution in [0.1, 0.15) is 23.7 Å². The molecule has 1 rings (SSSR count). The van der Waals surface area contributed by atoms with Gasteiger partial charge in [-0.15, -0.1) is 0 Å². The largest absolute Gasteiger partial charge is 0.391 e. The van der Waals surface area contributed by atoms with Crippen molar-refractivity contribution in [3.8, 4) is 0 Å². The van der Waals surface area contributed by atoms with E-state index < -0.39 is 23.7 Å². The van der Waals surface area contributed by atoms with Crippen LogP contribution in [0.2, 0.25) is 0 Å². The minimum atomic E-state index is -1.19. The van der Waals surface area contributed by atoms with E-state index in [2.05, 4.69) is 5.32 Å². The fourth-order valence-electron chi connectivity index (χ4n) is 1.74. The van der Waals surface area contributed by atoms with Gasteiger partial charge in [0.1, 0.15) is 6.10 Å². The first-order valence-corrected chi connectivity index (χ1v) is 5.90. The Morgan fingerprint density at radius 1 is 1.42 bits per heavy atom. The average molecular weight is 270 g/mol. The van der Waals surface area contributed by atoms with Crippen LogP contribution in [0.3, 0.4) is 0 Å². The standard InChI is InChI=1S/C12H18N2O5/c1-13-5-4-11(16)12(17)8-2-3-9(7-15)10(6-8)14(18)19/h2-3,6,11-13,15-17H,4-5,7H2,1H3. The summed E-state index contributed by atoms with van der Waals surface area (Å²) in [7, 11) is 1.72. The smallest absolute Gasteiger partial charge is 0.275 e. The van der Waals surface area contributed by atoms with E-state index in [1.165, 1.54) is 18.2 Å². The fourth-order valence-corrected chi connectivity index (χ4v) is 1.74. The van der Waals surface area contributed by atoms with Crippen molar-refractivity contribution in [2.45, 2.75) is 25.2 Å². The number of benzene rings is 1. The maximum absolute atomic E-state index is 10.8. The Bertz CT molecular complexity index is 438. The first-order chi connectivity index (χ1) is 9.01. The molecule has 0 aliphatic heterocycles. The van der Waals surface area contributed by atoms with Gasteiger partial charge in [-0.2, -0.15) is 0 Å². The van der Waals surface area contributed by atoms with Crippen LogP contribution in [0.25, 0.3) is 0 Å². The molecule has 0 bridgehead atoms. The number of aliphatic hydroxyl groups excluding tert-OH is 3. The van der Waals surface area contributed by atoms with E-state index in [0.717, 1.165) is 0 Å². The van der Waals surface area contributed by atoms with Crippen LogP contribution in [-0.2, 0) is 6.61 Å². The van der Waals surface area contributed by atoms with Crippen LogP contribution in [0.15, 0.2) is 18.2 Å². The molecular formula is C12H18N2O5. The summed E-state index contributed by atoms with van der Waals surface area (Å²) in [5, 5.41) is 42.3. The molecule has 0 saturated heterocycles. The summed E-state index contributed by atoms with van der Waals surface area (Å²) in [5.74, 6) is 0. The zero-order valence-corrected chi connectivity index (χ0v) is 10.6. The van der Waals surface area contributed by atoms with Gasteiger partial charge in [-0.05, 0) is 31.6 Å². The van der Waals surface area contributed by atoms with Crippen LogP contribution in [0.4, 0.5) is 5.69 Å². The summed E-state index contributed by atoms with van der Waals surface area (Å²) in [6.45, 7) is 0.0735. The first kappa shape index (κ1) is 15.5. The number of hydrogen-bond acceptors (Lipinski definition) is 6. The topological polar surface area (TPSA) is 116 Å². The van der Waals surface area contributed by atoms with E-state index >= 15 is 0 Å². The average Bonchev–Trinajstić information content (AvgIpc) is 2.42. The Hall–Kier alpha value is -1.54. The minimum absolute atomic E-state index is 0.172. The van der Waals surface area contributed by atoms with Crippen LogP contribution >= 0.6 is 0 Å². The molecule has 7 nitrogen and oxygen atoms in total. The molecule has 0 amide bonds. The summed E-state index contributed by atoms with van der Waals surface area (Å²) < 4.78 is 0. The third-order valence-corrected chi connectivity index (χ3v) is 2.87. The first-order valence-electron chi connectivity index (χ1n) is 5.90. The van der Waals surface area contributed by atoms with E-state index in [1.807, 2.05) is 0 Å². The molecule has 1 aromatic rings. The van der Waals surface area contributed by atoms with Gasteiger partial charge in [-0.25, -0.2) is 0 Å². The van der Waals surface area contributed by atoms with Gasteiger partial charge >= 0.3 is 0 Å². The number of rotatable bonds is 7. The lowest BCUT2D eigenvalue weighted by Crippen LogP contribution is -2.23. The molecule has 2 atom stereocenters. The van der Waals surface area contributed by atoms with E-state index in [0.29, 0.717) is 13.0 Å². The van der Waals surface area contributed by atoms with Gasteiger partial charge in [-0.3, -0.25) is 10.1 Å². The molecular weight excluding hydrogens is 252 g/mol. The van der Waals surface area contributed by atoms with Crippen LogP contribution in [-0.4, -0.2) is 39.9 Å². The SMILES string of the molecule is CNCCC(O)C(O)c1ccc(CO)c([N+](=O)[O-])c1. The lowest BCUT2D eigenvalue weighted by molar-refractivity contribution is -0.386. The molecule has 0 aliphatic rings.